The monoisotopic (exact) mass is 382 g/mol. The van der Waals surface area contributed by atoms with Crippen LogP contribution < -0.4 is 4.74 Å². The Balaban J connectivity index is 2.14. The molecule has 1 aromatic rings. The van der Waals surface area contributed by atoms with Gasteiger partial charge >= 0.3 is 0 Å². The molecule has 1 heterocycles. The van der Waals surface area contributed by atoms with E-state index in [-0.39, 0.29) is 22.3 Å². The Morgan fingerprint density at radius 1 is 1.35 bits per heavy atom. The molecular formula is C12H12BrClO5S. The Bertz CT molecular complexity index is 621. The van der Waals surface area contributed by atoms with E-state index in [1.54, 1.807) is 6.07 Å². The number of rotatable bonds is 5. The molecule has 20 heavy (non-hydrogen) atoms. The molecule has 0 saturated heterocycles. The highest BCUT2D eigenvalue weighted by Gasteiger charge is 2.20. The topological polar surface area (TPSA) is 61.8 Å². The van der Waals surface area contributed by atoms with Crippen molar-refractivity contribution in [3.05, 3.63) is 34.2 Å². The average Bonchev–Trinajstić information content (AvgIpc) is 2.86. The summed E-state index contributed by atoms with van der Waals surface area (Å²) in [6, 6.07) is 3.02. The van der Waals surface area contributed by atoms with Gasteiger partial charge in [0.25, 0.3) is 0 Å². The Morgan fingerprint density at radius 3 is 2.60 bits per heavy atom. The summed E-state index contributed by atoms with van der Waals surface area (Å²) >= 11 is 9.33. The Labute approximate surface area is 130 Å². The number of benzene rings is 1. The first-order chi connectivity index (χ1) is 9.39. The van der Waals surface area contributed by atoms with Crippen molar-refractivity contribution in [1.29, 1.82) is 0 Å². The summed E-state index contributed by atoms with van der Waals surface area (Å²) in [5.74, 6) is 0.134. The summed E-state index contributed by atoms with van der Waals surface area (Å²) < 4.78 is 39.7. The van der Waals surface area contributed by atoms with E-state index in [1.807, 2.05) is 0 Å². The number of halogens is 2. The van der Waals surface area contributed by atoms with Crippen molar-refractivity contribution >= 4 is 37.4 Å². The lowest BCUT2D eigenvalue weighted by Crippen LogP contribution is -2.13. The van der Waals surface area contributed by atoms with Crippen LogP contribution in [-0.4, -0.2) is 27.6 Å². The van der Waals surface area contributed by atoms with Crippen LogP contribution >= 0.6 is 27.5 Å². The first-order valence-electron chi connectivity index (χ1n) is 5.66. The van der Waals surface area contributed by atoms with Crippen LogP contribution in [0.1, 0.15) is 6.42 Å². The molecule has 5 nitrogen and oxygen atoms in total. The zero-order valence-corrected chi connectivity index (χ0v) is 13.7. The minimum atomic E-state index is -3.43. The Morgan fingerprint density at radius 2 is 2.00 bits per heavy atom. The molecule has 0 fully saturated rings. The molecule has 0 aliphatic carbocycles. The third-order valence-corrected chi connectivity index (χ3v) is 4.91. The SMILES string of the molecule is CS(=O)(=O)c1ccc(Br)c(Cl)c1OCCC1OC=CO1. The number of hydrogen-bond acceptors (Lipinski definition) is 5. The Kier molecular flexibility index (Phi) is 4.82. The van der Waals surface area contributed by atoms with Crippen molar-refractivity contribution in [2.45, 2.75) is 17.6 Å². The lowest BCUT2D eigenvalue weighted by molar-refractivity contribution is -0.0355. The highest BCUT2D eigenvalue weighted by Crippen LogP contribution is 2.37. The second-order valence-corrected chi connectivity index (χ2v) is 7.29. The lowest BCUT2D eigenvalue weighted by Gasteiger charge is -2.15. The van der Waals surface area contributed by atoms with Gasteiger partial charge in [0, 0.05) is 10.7 Å². The van der Waals surface area contributed by atoms with Gasteiger partial charge in [-0.25, -0.2) is 8.42 Å². The van der Waals surface area contributed by atoms with Gasteiger partial charge in [-0.1, -0.05) is 11.6 Å². The first-order valence-corrected chi connectivity index (χ1v) is 8.72. The van der Waals surface area contributed by atoms with Crippen LogP contribution in [0, 0.1) is 0 Å². The average molecular weight is 384 g/mol. The van der Waals surface area contributed by atoms with Crippen LogP contribution in [0.2, 0.25) is 5.02 Å². The van der Waals surface area contributed by atoms with Crippen LogP contribution in [0.3, 0.4) is 0 Å². The van der Waals surface area contributed by atoms with Gasteiger partial charge in [0.2, 0.25) is 6.29 Å². The fourth-order valence-corrected chi connectivity index (χ4v) is 3.01. The first kappa shape index (κ1) is 15.5. The van der Waals surface area contributed by atoms with Crippen LogP contribution in [-0.2, 0) is 19.3 Å². The normalized spacial score (nSPS) is 14.9. The predicted molar refractivity (Wildman–Crippen MR) is 77.5 cm³/mol. The molecule has 1 aliphatic heterocycles. The molecule has 0 atom stereocenters. The third-order valence-electron chi connectivity index (χ3n) is 2.53. The summed E-state index contributed by atoms with van der Waals surface area (Å²) in [4.78, 5) is 0.0529. The smallest absolute Gasteiger partial charge is 0.242 e. The minimum absolute atomic E-state index is 0.0529. The molecule has 1 aromatic carbocycles. The van der Waals surface area contributed by atoms with E-state index < -0.39 is 16.1 Å². The van der Waals surface area contributed by atoms with Gasteiger partial charge in [0.1, 0.15) is 17.4 Å². The number of hydrogen-bond donors (Lipinski definition) is 0. The van der Waals surface area contributed by atoms with Gasteiger partial charge in [-0.05, 0) is 28.1 Å². The summed E-state index contributed by atoms with van der Waals surface area (Å²) in [5, 5.41) is 0.222. The van der Waals surface area contributed by atoms with E-state index in [2.05, 4.69) is 15.9 Å². The van der Waals surface area contributed by atoms with E-state index in [9.17, 15) is 8.42 Å². The van der Waals surface area contributed by atoms with Gasteiger partial charge in [0.15, 0.2) is 15.6 Å². The maximum absolute atomic E-state index is 11.7. The van der Waals surface area contributed by atoms with Crippen LogP contribution in [0.15, 0.2) is 34.0 Å². The molecule has 0 spiro atoms. The van der Waals surface area contributed by atoms with E-state index in [4.69, 9.17) is 25.8 Å². The molecule has 0 unspecified atom stereocenters. The van der Waals surface area contributed by atoms with Crippen molar-refractivity contribution < 1.29 is 22.6 Å². The largest absolute Gasteiger partial charge is 0.490 e. The summed E-state index contributed by atoms with van der Waals surface area (Å²) in [6.45, 7) is 0.213. The van der Waals surface area contributed by atoms with Crippen molar-refractivity contribution in [1.82, 2.24) is 0 Å². The van der Waals surface area contributed by atoms with Crippen molar-refractivity contribution in [3.63, 3.8) is 0 Å². The summed E-state index contributed by atoms with van der Waals surface area (Å²) in [7, 11) is -3.43. The van der Waals surface area contributed by atoms with E-state index >= 15 is 0 Å². The fraction of sp³-hybridized carbons (Fsp3) is 0.333. The van der Waals surface area contributed by atoms with Gasteiger partial charge in [0.05, 0.1) is 18.1 Å². The molecule has 0 N–H and O–H groups in total. The van der Waals surface area contributed by atoms with E-state index in [0.29, 0.717) is 10.9 Å². The van der Waals surface area contributed by atoms with Crippen molar-refractivity contribution in [2.24, 2.45) is 0 Å². The van der Waals surface area contributed by atoms with Gasteiger partial charge < -0.3 is 14.2 Å². The van der Waals surface area contributed by atoms with Crippen molar-refractivity contribution in [2.75, 3.05) is 12.9 Å². The minimum Gasteiger partial charge on any atom is -0.490 e. The highest BCUT2D eigenvalue weighted by molar-refractivity contribution is 9.10. The molecule has 2 rings (SSSR count). The van der Waals surface area contributed by atoms with Crippen LogP contribution in [0.5, 0.6) is 5.75 Å². The standard InChI is InChI=1S/C12H12BrClO5S/c1-20(15,16)9-3-2-8(13)11(14)12(9)19-5-4-10-17-6-7-18-10/h2-3,6-7,10H,4-5H2,1H3. The Hall–Kier alpha value is -0.920. The molecule has 0 radical (unpaired) electrons. The zero-order valence-electron chi connectivity index (χ0n) is 10.5. The zero-order chi connectivity index (χ0) is 14.8. The molecule has 0 saturated carbocycles. The maximum atomic E-state index is 11.7. The second-order valence-electron chi connectivity index (χ2n) is 4.07. The maximum Gasteiger partial charge on any atom is 0.242 e. The molecular weight excluding hydrogens is 372 g/mol. The van der Waals surface area contributed by atoms with Crippen molar-refractivity contribution in [3.8, 4) is 5.75 Å². The quantitative estimate of drug-likeness (QED) is 0.782. The molecule has 0 bridgehead atoms. The molecule has 110 valence electrons. The summed E-state index contributed by atoms with van der Waals surface area (Å²) in [6.07, 6.45) is 4.02. The highest BCUT2D eigenvalue weighted by atomic mass is 79.9. The number of ether oxygens (including phenoxy) is 3. The molecule has 0 amide bonds. The van der Waals surface area contributed by atoms with Crippen LogP contribution in [0.4, 0.5) is 0 Å². The third kappa shape index (κ3) is 3.59. The second kappa shape index (κ2) is 6.24. The van der Waals surface area contributed by atoms with Crippen LogP contribution in [0.25, 0.3) is 0 Å². The fourth-order valence-electron chi connectivity index (χ4n) is 1.61. The summed E-state index contributed by atoms with van der Waals surface area (Å²) in [5.41, 5.74) is 0. The molecule has 8 heteroatoms. The van der Waals surface area contributed by atoms with E-state index in [0.717, 1.165) is 6.26 Å². The predicted octanol–water partition coefficient (Wildman–Crippen LogP) is 3.12. The van der Waals surface area contributed by atoms with E-state index in [1.165, 1.54) is 18.6 Å². The van der Waals surface area contributed by atoms with Gasteiger partial charge in [-0.3, -0.25) is 0 Å². The van der Waals surface area contributed by atoms with Gasteiger partial charge in [-0.15, -0.1) is 0 Å². The van der Waals surface area contributed by atoms with Gasteiger partial charge in [-0.2, -0.15) is 0 Å². The molecule has 1 aliphatic rings. The number of sulfone groups is 1. The lowest BCUT2D eigenvalue weighted by atomic mass is 10.3. The molecule has 0 aromatic heterocycles.